The number of carbonyl (C=O) groups excluding carboxylic acids is 3. The van der Waals surface area contributed by atoms with Gasteiger partial charge in [-0.3, -0.25) is 9.59 Å². The zero-order valence-corrected chi connectivity index (χ0v) is 25.7. The monoisotopic (exact) mass is 614 g/mol. The standard InChI is InChI=1S/C34H35ClN4O5/c1-4-43-34(42)32-36-18-20-37(32)19-7-21-44-28-16-10-25(11-17-28)33(41)38-23(2)22-31(29-8-5-6-9-30(29)38)39(24(3)40)27-14-12-26(35)13-15-27/h5-6,8-18,20,23,31H,4,7,19,21-22H2,1-3H3/t23-,31+/m0/s1. The molecule has 3 aromatic carbocycles. The lowest BCUT2D eigenvalue weighted by Crippen LogP contribution is -2.47. The van der Waals surface area contributed by atoms with E-state index in [0.717, 1.165) is 16.9 Å². The number of aryl methyl sites for hydroxylation is 1. The number of ether oxygens (including phenoxy) is 2. The van der Waals surface area contributed by atoms with Crippen molar-refractivity contribution in [1.29, 1.82) is 0 Å². The van der Waals surface area contributed by atoms with Gasteiger partial charge in [-0.2, -0.15) is 0 Å². The molecule has 2 amide bonds. The van der Waals surface area contributed by atoms with Gasteiger partial charge >= 0.3 is 5.97 Å². The fourth-order valence-electron chi connectivity index (χ4n) is 5.65. The van der Waals surface area contributed by atoms with Gasteiger partial charge in [0.05, 0.1) is 19.3 Å². The van der Waals surface area contributed by atoms with Crippen LogP contribution in [0.3, 0.4) is 0 Å². The molecule has 0 N–H and O–H groups in total. The lowest BCUT2D eigenvalue weighted by atomic mass is 9.89. The number of para-hydroxylation sites is 1. The molecule has 0 spiro atoms. The van der Waals surface area contributed by atoms with E-state index in [1.54, 1.807) is 72.1 Å². The Kier molecular flexibility index (Phi) is 9.65. The maximum atomic E-state index is 13.9. The smallest absolute Gasteiger partial charge is 0.374 e. The van der Waals surface area contributed by atoms with Crippen LogP contribution in [0.15, 0.2) is 85.2 Å². The molecule has 0 saturated heterocycles. The molecule has 0 radical (unpaired) electrons. The van der Waals surface area contributed by atoms with Gasteiger partial charge in [0.2, 0.25) is 11.7 Å². The molecule has 44 heavy (non-hydrogen) atoms. The minimum Gasteiger partial charge on any atom is -0.494 e. The molecule has 0 aliphatic carbocycles. The zero-order chi connectivity index (χ0) is 31.2. The van der Waals surface area contributed by atoms with E-state index in [4.69, 9.17) is 21.1 Å². The fourth-order valence-corrected chi connectivity index (χ4v) is 5.78. The molecule has 1 aliphatic heterocycles. The number of hydrogen-bond acceptors (Lipinski definition) is 6. The van der Waals surface area contributed by atoms with Crippen LogP contribution >= 0.6 is 11.6 Å². The van der Waals surface area contributed by atoms with Crippen molar-refractivity contribution in [2.75, 3.05) is 23.0 Å². The molecule has 1 aliphatic rings. The van der Waals surface area contributed by atoms with E-state index in [0.29, 0.717) is 48.9 Å². The van der Waals surface area contributed by atoms with Crippen molar-refractivity contribution in [3.63, 3.8) is 0 Å². The van der Waals surface area contributed by atoms with Gasteiger partial charge in [0.15, 0.2) is 0 Å². The van der Waals surface area contributed by atoms with Crippen molar-refractivity contribution in [3.8, 4) is 5.75 Å². The predicted molar refractivity (Wildman–Crippen MR) is 169 cm³/mol. The second-order valence-electron chi connectivity index (χ2n) is 10.6. The lowest BCUT2D eigenvalue weighted by Gasteiger charge is -2.43. The molecular formula is C34H35ClN4O5. The number of anilines is 2. The van der Waals surface area contributed by atoms with Gasteiger partial charge in [0, 0.05) is 53.9 Å². The molecule has 0 unspecified atom stereocenters. The second-order valence-corrected chi connectivity index (χ2v) is 11.0. The summed E-state index contributed by atoms with van der Waals surface area (Å²) in [5.41, 5.74) is 2.99. The van der Waals surface area contributed by atoms with Gasteiger partial charge in [-0.05, 0) is 86.8 Å². The van der Waals surface area contributed by atoms with Crippen LogP contribution in [0, 0.1) is 0 Å². The SMILES string of the molecule is CCOC(=O)c1nccn1CCCOc1ccc(C(=O)N2c3ccccc3[C@H](N(C(C)=O)c3ccc(Cl)cc3)C[C@@H]2C)cc1. The molecule has 0 fully saturated rings. The molecule has 10 heteroatoms. The van der Waals surface area contributed by atoms with Crippen molar-refractivity contribution in [1.82, 2.24) is 9.55 Å². The van der Waals surface area contributed by atoms with Gasteiger partial charge in [-0.25, -0.2) is 9.78 Å². The van der Waals surface area contributed by atoms with Crippen molar-refractivity contribution < 1.29 is 23.9 Å². The Morgan fingerprint density at radius 3 is 2.45 bits per heavy atom. The van der Waals surface area contributed by atoms with Crippen LogP contribution in [0.4, 0.5) is 11.4 Å². The third-order valence-corrected chi connectivity index (χ3v) is 7.87. The second kappa shape index (κ2) is 13.8. The number of amides is 2. The number of halogens is 1. The van der Waals surface area contributed by atoms with Gasteiger partial charge in [0.25, 0.3) is 5.91 Å². The first-order valence-corrected chi connectivity index (χ1v) is 15.0. The highest BCUT2D eigenvalue weighted by molar-refractivity contribution is 6.30. The van der Waals surface area contributed by atoms with Crippen LogP contribution in [0.1, 0.15) is 66.2 Å². The Labute approximate surface area is 262 Å². The first-order valence-electron chi connectivity index (χ1n) is 14.7. The lowest BCUT2D eigenvalue weighted by molar-refractivity contribution is -0.117. The summed E-state index contributed by atoms with van der Waals surface area (Å²) in [6.45, 7) is 6.59. The number of imidazole rings is 1. The van der Waals surface area contributed by atoms with E-state index in [-0.39, 0.29) is 29.7 Å². The van der Waals surface area contributed by atoms with E-state index in [9.17, 15) is 14.4 Å². The molecule has 0 saturated carbocycles. The normalized spacial score (nSPS) is 15.8. The maximum absolute atomic E-state index is 13.9. The number of nitrogens with zero attached hydrogens (tertiary/aromatic N) is 4. The minimum atomic E-state index is -0.447. The molecule has 2 atom stereocenters. The highest BCUT2D eigenvalue weighted by Crippen LogP contribution is 2.43. The highest BCUT2D eigenvalue weighted by Gasteiger charge is 2.38. The summed E-state index contributed by atoms with van der Waals surface area (Å²) >= 11 is 6.11. The Hall–Kier alpha value is -4.63. The van der Waals surface area contributed by atoms with E-state index < -0.39 is 5.97 Å². The summed E-state index contributed by atoms with van der Waals surface area (Å²) in [5, 5.41) is 0.599. The number of rotatable bonds is 10. The molecule has 5 rings (SSSR count). The van der Waals surface area contributed by atoms with Crippen molar-refractivity contribution in [2.45, 2.75) is 52.2 Å². The topological polar surface area (TPSA) is 94.0 Å². The Morgan fingerprint density at radius 1 is 1.02 bits per heavy atom. The van der Waals surface area contributed by atoms with Gasteiger partial charge < -0.3 is 23.8 Å². The van der Waals surface area contributed by atoms with Crippen LogP contribution in [0.5, 0.6) is 5.75 Å². The van der Waals surface area contributed by atoms with Crippen LogP contribution in [-0.2, 0) is 16.1 Å². The first kappa shape index (κ1) is 30.8. The number of fused-ring (bicyclic) bond motifs is 1. The molecular weight excluding hydrogens is 580 g/mol. The van der Waals surface area contributed by atoms with Gasteiger partial charge in [-0.15, -0.1) is 0 Å². The van der Waals surface area contributed by atoms with E-state index in [1.807, 2.05) is 48.2 Å². The molecule has 2 heterocycles. The number of benzene rings is 3. The number of carbonyl (C=O) groups is 3. The first-order chi connectivity index (χ1) is 21.3. The molecule has 228 valence electrons. The van der Waals surface area contributed by atoms with E-state index in [1.165, 1.54) is 0 Å². The third kappa shape index (κ3) is 6.63. The quantitative estimate of drug-likeness (QED) is 0.145. The third-order valence-electron chi connectivity index (χ3n) is 7.62. The summed E-state index contributed by atoms with van der Waals surface area (Å²) < 4.78 is 12.7. The number of hydrogen-bond donors (Lipinski definition) is 0. The van der Waals surface area contributed by atoms with Crippen molar-refractivity contribution in [3.05, 3.63) is 107 Å². The van der Waals surface area contributed by atoms with Gasteiger partial charge in [0.1, 0.15) is 5.75 Å². The van der Waals surface area contributed by atoms with Crippen LogP contribution in [0.25, 0.3) is 0 Å². The van der Waals surface area contributed by atoms with Crippen LogP contribution in [0.2, 0.25) is 5.02 Å². The Bertz CT molecular complexity index is 1620. The van der Waals surface area contributed by atoms with Crippen molar-refractivity contribution >= 4 is 40.8 Å². The summed E-state index contributed by atoms with van der Waals surface area (Å²) in [5.74, 6) is 0.262. The highest BCUT2D eigenvalue weighted by atomic mass is 35.5. The van der Waals surface area contributed by atoms with Crippen LogP contribution in [-0.4, -0.2) is 46.6 Å². The summed E-state index contributed by atoms with van der Waals surface area (Å²) in [7, 11) is 0. The Morgan fingerprint density at radius 2 is 1.75 bits per heavy atom. The van der Waals surface area contributed by atoms with Gasteiger partial charge in [-0.1, -0.05) is 29.8 Å². The fraction of sp³-hybridized carbons (Fsp3) is 0.294. The summed E-state index contributed by atoms with van der Waals surface area (Å²) in [4.78, 5) is 46.5. The largest absolute Gasteiger partial charge is 0.494 e. The zero-order valence-electron chi connectivity index (χ0n) is 25.0. The molecule has 0 bridgehead atoms. The molecule has 1 aromatic heterocycles. The summed E-state index contributed by atoms with van der Waals surface area (Å²) in [6.07, 6.45) is 4.54. The minimum absolute atomic E-state index is 0.0841. The molecule has 4 aromatic rings. The summed E-state index contributed by atoms with van der Waals surface area (Å²) in [6, 6.07) is 21.7. The van der Waals surface area contributed by atoms with E-state index in [2.05, 4.69) is 4.98 Å². The predicted octanol–water partition coefficient (Wildman–Crippen LogP) is 6.72. The molecule has 9 nitrogen and oxygen atoms in total. The average molecular weight is 615 g/mol. The Balaban J connectivity index is 1.27. The maximum Gasteiger partial charge on any atom is 0.374 e. The average Bonchev–Trinajstić information content (AvgIpc) is 3.49. The van der Waals surface area contributed by atoms with Crippen LogP contribution < -0.4 is 14.5 Å². The van der Waals surface area contributed by atoms with E-state index >= 15 is 0 Å². The number of aromatic nitrogens is 2. The van der Waals surface area contributed by atoms with Crippen molar-refractivity contribution in [2.24, 2.45) is 0 Å². The number of esters is 1.